The Balaban J connectivity index is 2.02. The van der Waals surface area contributed by atoms with Crippen LogP contribution in [0.1, 0.15) is 12.8 Å². The van der Waals surface area contributed by atoms with Gasteiger partial charge in [0.2, 0.25) is 5.91 Å². The molecule has 0 saturated carbocycles. The lowest BCUT2D eigenvalue weighted by atomic mass is 9.97. The third kappa shape index (κ3) is 3.35. The van der Waals surface area contributed by atoms with Crippen molar-refractivity contribution in [2.75, 3.05) is 18.4 Å². The largest absolute Gasteiger partial charge is 0.325 e. The number of hydrogen-bond donors (Lipinski definition) is 2. The SMILES string of the molecule is O=C(Nc1ccc(Cl)cc1Cl)C1CCNCC1. The topological polar surface area (TPSA) is 41.1 Å². The molecule has 1 saturated heterocycles. The number of anilines is 1. The smallest absolute Gasteiger partial charge is 0.227 e. The van der Waals surface area contributed by atoms with Crippen molar-refractivity contribution in [1.82, 2.24) is 5.32 Å². The molecule has 92 valence electrons. The van der Waals surface area contributed by atoms with E-state index in [1.54, 1.807) is 18.2 Å². The molecule has 1 aliphatic heterocycles. The van der Waals surface area contributed by atoms with E-state index in [1.165, 1.54) is 0 Å². The van der Waals surface area contributed by atoms with Gasteiger partial charge in [0.25, 0.3) is 0 Å². The lowest BCUT2D eigenvalue weighted by Gasteiger charge is -2.22. The first-order valence-electron chi connectivity index (χ1n) is 5.63. The minimum absolute atomic E-state index is 0.0377. The molecule has 1 heterocycles. The molecule has 17 heavy (non-hydrogen) atoms. The van der Waals surface area contributed by atoms with Crippen molar-refractivity contribution in [1.29, 1.82) is 0 Å². The molecule has 0 spiro atoms. The van der Waals surface area contributed by atoms with Crippen molar-refractivity contribution in [3.05, 3.63) is 28.2 Å². The quantitative estimate of drug-likeness (QED) is 0.869. The summed E-state index contributed by atoms with van der Waals surface area (Å²) in [5, 5.41) is 7.12. The van der Waals surface area contributed by atoms with Crippen molar-refractivity contribution >= 4 is 34.8 Å². The zero-order valence-corrected chi connectivity index (χ0v) is 10.8. The number of halogens is 2. The Kier molecular flexibility index (Phi) is 4.26. The van der Waals surface area contributed by atoms with E-state index in [0.29, 0.717) is 15.7 Å². The summed E-state index contributed by atoms with van der Waals surface area (Å²) in [4.78, 5) is 12.0. The van der Waals surface area contributed by atoms with Gasteiger partial charge < -0.3 is 10.6 Å². The van der Waals surface area contributed by atoms with Gasteiger partial charge in [-0.05, 0) is 44.1 Å². The van der Waals surface area contributed by atoms with E-state index in [0.717, 1.165) is 25.9 Å². The molecule has 1 aromatic carbocycles. The first kappa shape index (κ1) is 12.7. The normalized spacial score (nSPS) is 16.8. The van der Waals surface area contributed by atoms with E-state index >= 15 is 0 Å². The summed E-state index contributed by atoms with van der Waals surface area (Å²) < 4.78 is 0. The van der Waals surface area contributed by atoms with Crippen molar-refractivity contribution in [3.8, 4) is 0 Å². The van der Waals surface area contributed by atoms with Crippen molar-refractivity contribution in [3.63, 3.8) is 0 Å². The first-order valence-corrected chi connectivity index (χ1v) is 6.39. The molecule has 0 atom stereocenters. The molecular formula is C12H14Cl2N2O. The predicted octanol–water partition coefficient (Wildman–Crippen LogP) is 2.93. The van der Waals surface area contributed by atoms with Gasteiger partial charge in [-0.3, -0.25) is 4.79 Å². The highest BCUT2D eigenvalue weighted by Crippen LogP contribution is 2.26. The molecule has 1 aromatic rings. The van der Waals surface area contributed by atoms with Crippen LogP contribution < -0.4 is 10.6 Å². The Morgan fingerprint density at radius 2 is 2.00 bits per heavy atom. The molecule has 0 unspecified atom stereocenters. The number of nitrogens with one attached hydrogen (secondary N) is 2. The zero-order valence-electron chi connectivity index (χ0n) is 9.30. The van der Waals surface area contributed by atoms with Gasteiger partial charge in [0.1, 0.15) is 0 Å². The van der Waals surface area contributed by atoms with Crippen LogP contribution in [0.25, 0.3) is 0 Å². The molecular weight excluding hydrogens is 259 g/mol. The fourth-order valence-corrected chi connectivity index (χ4v) is 2.37. The van der Waals surface area contributed by atoms with Crippen molar-refractivity contribution in [2.24, 2.45) is 5.92 Å². The molecule has 2 rings (SSSR count). The fourth-order valence-electron chi connectivity index (χ4n) is 1.91. The minimum Gasteiger partial charge on any atom is -0.325 e. The van der Waals surface area contributed by atoms with Crippen molar-refractivity contribution in [2.45, 2.75) is 12.8 Å². The van der Waals surface area contributed by atoms with Gasteiger partial charge in [-0.2, -0.15) is 0 Å². The Hall–Kier alpha value is -0.770. The average Bonchev–Trinajstić information content (AvgIpc) is 2.34. The minimum atomic E-state index is 0.0377. The highest BCUT2D eigenvalue weighted by Gasteiger charge is 2.21. The maximum absolute atomic E-state index is 12.0. The third-order valence-electron chi connectivity index (χ3n) is 2.90. The Morgan fingerprint density at radius 3 is 2.65 bits per heavy atom. The van der Waals surface area contributed by atoms with Crippen LogP contribution in [0.2, 0.25) is 10.0 Å². The van der Waals surface area contributed by atoms with E-state index in [2.05, 4.69) is 10.6 Å². The van der Waals surface area contributed by atoms with Crippen LogP contribution in [-0.4, -0.2) is 19.0 Å². The number of piperidine rings is 1. The summed E-state index contributed by atoms with van der Waals surface area (Å²) in [6.45, 7) is 1.79. The number of rotatable bonds is 2. The molecule has 1 aliphatic rings. The average molecular weight is 273 g/mol. The maximum Gasteiger partial charge on any atom is 0.227 e. The number of carbonyl (C=O) groups excluding carboxylic acids is 1. The molecule has 5 heteroatoms. The van der Waals surface area contributed by atoms with E-state index in [4.69, 9.17) is 23.2 Å². The van der Waals surface area contributed by atoms with E-state index in [1.807, 2.05) is 0 Å². The van der Waals surface area contributed by atoms with E-state index in [9.17, 15) is 4.79 Å². The van der Waals surface area contributed by atoms with Crippen LogP contribution in [-0.2, 0) is 4.79 Å². The Labute approximate surface area is 110 Å². The highest BCUT2D eigenvalue weighted by molar-refractivity contribution is 6.36. The molecule has 1 fully saturated rings. The monoisotopic (exact) mass is 272 g/mol. The van der Waals surface area contributed by atoms with Gasteiger partial charge in [-0.15, -0.1) is 0 Å². The van der Waals surface area contributed by atoms with Gasteiger partial charge in [-0.1, -0.05) is 23.2 Å². The lowest BCUT2D eigenvalue weighted by molar-refractivity contribution is -0.120. The van der Waals surface area contributed by atoms with Crippen LogP contribution in [0.3, 0.4) is 0 Å². The summed E-state index contributed by atoms with van der Waals surface area (Å²) in [5.41, 5.74) is 0.625. The summed E-state index contributed by atoms with van der Waals surface area (Å²) in [5.74, 6) is 0.110. The predicted molar refractivity (Wildman–Crippen MR) is 70.7 cm³/mol. The van der Waals surface area contributed by atoms with Gasteiger partial charge in [-0.25, -0.2) is 0 Å². The standard InChI is InChI=1S/C12H14Cl2N2O/c13-9-1-2-11(10(14)7-9)16-12(17)8-3-5-15-6-4-8/h1-2,7-8,15H,3-6H2,(H,16,17). The second-order valence-electron chi connectivity index (χ2n) is 4.14. The maximum atomic E-state index is 12.0. The molecule has 0 bridgehead atoms. The highest BCUT2D eigenvalue weighted by atomic mass is 35.5. The molecule has 0 aromatic heterocycles. The molecule has 3 nitrogen and oxygen atoms in total. The molecule has 2 N–H and O–H groups in total. The van der Waals surface area contributed by atoms with Crippen LogP contribution in [0.5, 0.6) is 0 Å². The third-order valence-corrected chi connectivity index (χ3v) is 3.45. The lowest BCUT2D eigenvalue weighted by Crippen LogP contribution is -2.34. The van der Waals surface area contributed by atoms with E-state index < -0.39 is 0 Å². The summed E-state index contributed by atoms with van der Waals surface area (Å²) in [7, 11) is 0. The van der Waals surface area contributed by atoms with Crippen molar-refractivity contribution < 1.29 is 4.79 Å². The fraction of sp³-hybridized carbons (Fsp3) is 0.417. The van der Waals surface area contributed by atoms with Gasteiger partial charge in [0.15, 0.2) is 0 Å². The van der Waals surface area contributed by atoms with Crippen LogP contribution in [0.4, 0.5) is 5.69 Å². The van der Waals surface area contributed by atoms with Crippen LogP contribution in [0, 0.1) is 5.92 Å². The molecule has 1 amide bonds. The summed E-state index contributed by atoms with van der Waals surface area (Å²) in [6.07, 6.45) is 1.74. The number of hydrogen-bond acceptors (Lipinski definition) is 2. The van der Waals surface area contributed by atoms with Gasteiger partial charge in [0.05, 0.1) is 10.7 Å². The summed E-state index contributed by atoms with van der Waals surface area (Å²) >= 11 is 11.8. The molecule has 0 aliphatic carbocycles. The van der Waals surface area contributed by atoms with Gasteiger partial charge >= 0.3 is 0 Å². The van der Waals surface area contributed by atoms with Gasteiger partial charge in [0, 0.05) is 10.9 Å². The second kappa shape index (κ2) is 5.71. The number of benzene rings is 1. The van der Waals surface area contributed by atoms with Crippen LogP contribution >= 0.6 is 23.2 Å². The summed E-state index contributed by atoms with van der Waals surface area (Å²) in [6, 6.07) is 5.07. The molecule has 0 radical (unpaired) electrons. The zero-order chi connectivity index (χ0) is 12.3. The van der Waals surface area contributed by atoms with Crippen LogP contribution in [0.15, 0.2) is 18.2 Å². The Morgan fingerprint density at radius 1 is 1.29 bits per heavy atom. The number of amides is 1. The second-order valence-corrected chi connectivity index (χ2v) is 4.98. The Bertz CT molecular complexity index is 417. The number of carbonyl (C=O) groups is 1. The van der Waals surface area contributed by atoms with E-state index in [-0.39, 0.29) is 11.8 Å². The first-order chi connectivity index (χ1) is 8.16.